The van der Waals surface area contributed by atoms with Crippen LogP contribution < -0.4 is 0 Å². The number of rotatable bonds is 10. The highest BCUT2D eigenvalue weighted by Crippen LogP contribution is 2.38. The molecule has 3 atom stereocenters. The third kappa shape index (κ3) is 8.17. The van der Waals surface area contributed by atoms with Crippen LogP contribution in [0.25, 0.3) is 6.08 Å². The standard InChI is InChI=1S/C27H26F5N3O4S2/c1-18(26(36,15-35-17-33-16-34-35)23-11-8-20(28)12-24(23)29)40-21-13-38-25(39-14-21)5-3-2-4-19-6-9-22(10-7-19)41(37)27(30,31)32/h2-12,16-18,21,25,36H,13-15H2,1H3. The summed E-state index contributed by atoms with van der Waals surface area (Å²) in [5, 5.41) is 14.9. The minimum Gasteiger partial charge on any atom is -0.604 e. The van der Waals surface area contributed by atoms with Crippen LogP contribution in [-0.2, 0) is 32.8 Å². The summed E-state index contributed by atoms with van der Waals surface area (Å²) in [7, 11) is 0. The summed E-state index contributed by atoms with van der Waals surface area (Å²) in [6.45, 7) is 2.17. The van der Waals surface area contributed by atoms with E-state index in [0.717, 1.165) is 24.3 Å². The normalized spacial score (nSPS) is 21.3. The molecule has 41 heavy (non-hydrogen) atoms. The van der Waals surface area contributed by atoms with E-state index in [0.29, 0.717) is 5.56 Å². The van der Waals surface area contributed by atoms with Crippen molar-refractivity contribution in [3.8, 4) is 0 Å². The topological polar surface area (TPSA) is 92.5 Å². The quantitative estimate of drug-likeness (QED) is 0.190. The molecule has 0 radical (unpaired) electrons. The molecule has 0 spiro atoms. The molecule has 0 amide bonds. The number of hydrogen-bond donors (Lipinski definition) is 1. The summed E-state index contributed by atoms with van der Waals surface area (Å²) in [6, 6.07) is 8.23. The van der Waals surface area contributed by atoms with Gasteiger partial charge in [0.2, 0.25) is 0 Å². The van der Waals surface area contributed by atoms with E-state index in [-0.39, 0.29) is 35.5 Å². The minimum absolute atomic E-state index is 0.0668. The van der Waals surface area contributed by atoms with E-state index < -0.39 is 45.5 Å². The number of ether oxygens (including phenoxy) is 2. The van der Waals surface area contributed by atoms with E-state index in [1.807, 2.05) is 0 Å². The second-order valence-electron chi connectivity index (χ2n) is 9.10. The molecule has 4 rings (SSSR count). The van der Waals surface area contributed by atoms with Gasteiger partial charge in [0, 0.05) is 16.9 Å². The van der Waals surface area contributed by atoms with Crippen LogP contribution in [0.3, 0.4) is 0 Å². The molecule has 0 bridgehead atoms. The molecule has 14 heteroatoms. The SMILES string of the molecule is CC(SC1COC(C=CC=Cc2ccc([S+]([O-])C(F)(F)F)cc2)OC1)C(O)(Cn1cncn1)c1ccc(F)cc1F. The van der Waals surface area contributed by atoms with E-state index in [4.69, 9.17) is 9.47 Å². The van der Waals surface area contributed by atoms with E-state index >= 15 is 0 Å². The third-order valence-corrected chi connectivity index (χ3v) is 8.78. The van der Waals surface area contributed by atoms with Crippen LogP contribution in [-0.4, -0.2) is 59.9 Å². The van der Waals surface area contributed by atoms with Crippen LogP contribution >= 0.6 is 11.8 Å². The summed E-state index contributed by atoms with van der Waals surface area (Å²) in [6.07, 6.45) is 8.68. The Morgan fingerprint density at radius 2 is 1.85 bits per heavy atom. The summed E-state index contributed by atoms with van der Waals surface area (Å²) < 4.78 is 90.3. The van der Waals surface area contributed by atoms with Crippen molar-refractivity contribution >= 4 is 29.0 Å². The third-order valence-electron chi connectivity index (χ3n) is 6.20. The van der Waals surface area contributed by atoms with Gasteiger partial charge in [0.05, 0.1) is 36.2 Å². The zero-order valence-electron chi connectivity index (χ0n) is 21.6. The number of aliphatic hydroxyl groups is 1. The molecule has 2 aromatic carbocycles. The Labute approximate surface area is 240 Å². The lowest BCUT2D eigenvalue weighted by atomic mass is 9.90. The zero-order chi connectivity index (χ0) is 29.6. The summed E-state index contributed by atoms with van der Waals surface area (Å²) in [5.41, 5.74) is -6.01. The Balaban J connectivity index is 1.31. The lowest BCUT2D eigenvalue weighted by Crippen LogP contribution is -2.43. The highest BCUT2D eigenvalue weighted by atomic mass is 32.2. The fraction of sp³-hybridized carbons (Fsp3) is 0.333. The molecule has 7 nitrogen and oxygen atoms in total. The monoisotopic (exact) mass is 615 g/mol. The van der Waals surface area contributed by atoms with Crippen LogP contribution in [0.1, 0.15) is 18.1 Å². The first-order chi connectivity index (χ1) is 19.5. The van der Waals surface area contributed by atoms with Gasteiger partial charge < -0.3 is 19.1 Å². The maximum Gasteiger partial charge on any atom is 0.578 e. The number of halogens is 5. The number of benzene rings is 2. The lowest BCUT2D eigenvalue weighted by Gasteiger charge is -2.37. The van der Waals surface area contributed by atoms with Gasteiger partial charge in [0.25, 0.3) is 0 Å². The lowest BCUT2D eigenvalue weighted by molar-refractivity contribution is -0.146. The van der Waals surface area contributed by atoms with Gasteiger partial charge in [0.15, 0.2) is 11.2 Å². The minimum atomic E-state index is -4.81. The van der Waals surface area contributed by atoms with Crippen LogP contribution in [0.4, 0.5) is 22.0 Å². The smallest absolute Gasteiger partial charge is 0.578 e. The predicted molar refractivity (Wildman–Crippen MR) is 144 cm³/mol. The Morgan fingerprint density at radius 3 is 2.46 bits per heavy atom. The Bertz CT molecular complexity index is 1330. The van der Waals surface area contributed by atoms with Crippen molar-refractivity contribution in [2.75, 3.05) is 13.2 Å². The van der Waals surface area contributed by atoms with Gasteiger partial charge in [-0.15, -0.1) is 24.9 Å². The predicted octanol–water partition coefficient (Wildman–Crippen LogP) is 5.20. The van der Waals surface area contributed by atoms with Gasteiger partial charge in [0.1, 0.15) is 29.9 Å². The van der Waals surface area contributed by atoms with Crippen molar-refractivity contribution in [1.82, 2.24) is 14.8 Å². The molecule has 1 aliphatic heterocycles. The van der Waals surface area contributed by atoms with E-state index in [1.165, 1.54) is 47.3 Å². The van der Waals surface area contributed by atoms with Crippen molar-refractivity contribution in [2.24, 2.45) is 0 Å². The molecule has 1 N–H and O–H groups in total. The molecule has 2 heterocycles. The molecular weight excluding hydrogens is 589 g/mol. The van der Waals surface area contributed by atoms with Gasteiger partial charge in [-0.2, -0.15) is 5.10 Å². The first-order valence-electron chi connectivity index (χ1n) is 12.3. The van der Waals surface area contributed by atoms with Crippen molar-refractivity contribution < 1.29 is 41.1 Å². The highest BCUT2D eigenvalue weighted by Gasteiger charge is 2.46. The number of aromatic nitrogens is 3. The zero-order valence-corrected chi connectivity index (χ0v) is 23.2. The molecule has 1 fully saturated rings. The molecule has 1 saturated heterocycles. The molecule has 3 unspecified atom stereocenters. The van der Waals surface area contributed by atoms with Crippen LogP contribution in [0.5, 0.6) is 0 Å². The van der Waals surface area contributed by atoms with Gasteiger partial charge in [-0.25, -0.2) is 18.4 Å². The second-order valence-corrected chi connectivity index (χ2v) is 12.2. The summed E-state index contributed by atoms with van der Waals surface area (Å²) >= 11 is -1.74. The number of thioether (sulfide) groups is 1. The number of alkyl halides is 3. The van der Waals surface area contributed by atoms with Crippen molar-refractivity contribution in [3.63, 3.8) is 0 Å². The van der Waals surface area contributed by atoms with Crippen LogP contribution in [0, 0.1) is 11.6 Å². The van der Waals surface area contributed by atoms with E-state index in [1.54, 1.807) is 31.2 Å². The van der Waals surface area contributed by atoms with Crippen LogP contribution in [0.15, 0.2) is 78.2 Å². The van der Waals surface area contributed by atoms with Crippen molar-refractivity contribution in [3.05, 3.63) is 96.1 Å². The van der Waals surface area contributed by atoms with Gasteiger partial charge in [-0.1, -0.05) is 31.2 Å². The maximum absolute atomic E-state index is 14.7. The highest BCUT2D eigenvalue weighted by molar-refractivity contribution is 8.00. The fourth-order valence-corrected chi connectivity index (χ4v) is 6.05. The Hall–Kier alpha value is -2.75. The number of nitrogens with zero attached hydrogens (tertiary/aromatic N) is 3. The Morgan fingerprint density at radius 1 is 1.15 bits per heavy atom. The van der Waals surface area contributed by atoms with E-state index in [2.05, 4.69) is 10.1 Å². The maximum atomic E-state index is 14.7. The molecule has 220 valence electrons. The van der Waals surface area contributed by atoms with Gasteiger partial charge >= 0.3 is 5.51 Å². The molecular formula is C27H26F5N3O4S2. The first-order valence-corrected chi connectivity index (χ1v) is 14.4. The molecule has 0 aliphatic carbocycles. The second kappa shape index (κ2) is 13.5. The van der Waals surface area contributed by atoms with Crippen molar-refractivity contribution in [1.29, 1.82) is 0 Å². The largest absolute Gasteiger partial charge is 0.604 e. The van der Waals surface area contributed by atoms with Crippen molar-refractivity contribution in [2.45, 2.75) is 46.3 Å². The summed E-state index contributed by atoms with van der Waals surface area (Å²) in [4.78, 5) is 3.54. The molecule has 1 aliphatic rings. The Kier molecular flexibility index (Phi) is 10.3. The van der Waals surface area contributed by atoms with E-state index in [9.17, 15) is 31.6 Å². The van der Waals surface area contributed by atoms with Gasteiger partial charge in [-0.05, 0) is 42.0 Å². The number of hydrogen-bond acceptors (Lipinski definition) is 7. The summed E-state index contributed by atoms with van der Waals surface area (Å²) in [5.74, 6) is -1.63. The van der Waals surface area contributed by atoms with Crippen LogP contribution in [0.2, 0.25) is 0 Å². The molecule has 1 aromatic heterocycles. The fourth-order valence-electron chi connectivity index (χ4n) is 4.08. The average molecular weight is 616 g/mol. The molecule has 0 saturated carbocycles. The first kappa shape index (κ1) is 31.2. The van der Waals surface area contributed by atoms with Gasteiger partial charge in [-0.3, -0.25) is 0 Å². The average Bonchev–Trinajstić information content (AvgIpc) is 3.44. The number of allylic oxidation sites excluding steroid dienone is 2. The molecule has 3 aromatic rings.